The highest BCUT2D eigenvalue weighted by Gasteiger charge is 2.26. The Balaban J connectivity index is 1.85. The number of nitrogens with two attached hydrogens (primary N) is 1. The number of hydrogen-bond acceptors (Lipinski definition) is 5. The topological polar surface area (TPSA) is 77.0 Å². The van der Waals surface area contributed by atoms with Gasteiger partial charge < -0.3 is 15.5 Å². The van der Waals surface area contributed by atoms with Gasteiger partial charge in [-0.15, -0.1) is 10.2 Å². The summed E-state index contributed by atoms with van der Waals surface area (Å²) in [6.45, 7) is 1.79. The fourth-order valence-electron chi connectivity index (χ4n) is 2.20. The van der Waals surface area contributed by atoms with E-state index in [1.54, 1.807) is 6.92 Å². The van der Waals surface area contributed by atoms with Gasteiger partial charge in [-0.25, -0.2) is 0 Å². The summed E-state index contributed by atoms with van der Waals surface area (Å²) in [5, 5.41) is 11.4. The van der Waals surface area contributed by atoms with E-state index in [0.717, 1.165) is 24.1 Å². The number of aromatic nitrogens is 2. The maximum atomic E-state index is 5.79. The van der Waals surface area contributed by atoms with Crippen LogP contribution < -0.4 is 11.1 Å². The highest BCUT2D eigenvalue weighted by atomic mass is 16.4. The average molecular weight is 244 g/mol. The fourth-order valence-corrected chi connectivity index (χ4v) is 2.20. The van der Waals surface area contributed by atoms with E-state index in [0.29, 0.717) is 23.9 Å². The lowest BCUT2D eigenvalue weighted by Gasteiger charge is -2.34. The first kappa shape index (κ1) is 11.2. The summed E-state index contributed by atoms with van der Waals surface area (Å²) in [4.78, 5) is 0. The molecule has 0 bridgehead atoms. The minimum absolute atomic E-state index is 0.334. The quantitative estimate of drug-likeness (QED) is 0.862. The van der Waals surface area contributed by atoms with Gasteiger partial charge in [-0.05, 0) is 25.0 Å². The zero-order valence-corrected chi connectivity index (χ0v) is 10.3. The maximum Gasteiger partial charge on any atom is 0.249 e. The van der Waals surface area contributed by atoms with E-state index >= 15 is 0 Å². The lowest BCUT2D eigenvalue weighted by atomic mass is 9.87. The normalized spacial score (nSPS) is 22.6. The Morgan fingerprint density at radius 1 is 1.28 bits per heavy atom. The van der Waals surface area contributed by atoms with E-state index < -0.39 is 0 Å². The molecule has 0 spiro atoms. The molecule has 0 aliphatic heterocycles. The van der Waals surface area contributed by atoms with Gasteiger partial charge in [0.2, 0.25) is 11.8 Å². The SMILES string of the molecule is Cc1nnc(-c2ccccc2NC2CC(N)C2)o1. The van der Waals surface area contributed by atoms with Gasteiger partial charge in [0.25, 0.3) is 0 Å². The van der Waals surface area contributed by atoms with Gasteiger partial charge >= 0.3 is 0 Å². The van der Waals surface area contributed by atoms with Gasteiger partial charge in [0, 0.05) is 24.7 Å². The lowest BCUT2D eigenvalue weighted by Crippen LogP contribution is -2.44. The van der Waals surface area contributed by atoms with Crippen LogP contribution in [0.1, 0.15) is 18.7 Å². The largest absolute Gasteiger partial charge is 0.421 e. The summed E-state index contributed by atoms with van der Waals surface area (Å²) in [5.74, 6) is 1.13. The second-order valence-electron chi connectivity index (χ2n) is 4.74. The van der Waals surface area contributed by atoms with E-state index in [9.17, 15) is 0 Å². The lowest BCUT2D eigenvalue weighted by molar-refractivity contribution is 0.373. The molecule has 1 fully saturated rings. The van der Waals surface area contributed by atoms with Crippen LogP contribution in [0, 0.1) is 6.92 Å². The summed E-state index contributed by atoms with van der Waals surface area (Å²) in [6.07, 6.45) is 2.02. The zero-order valence-electron chi connectivity index (χ0n) is 10.3. The summed E-state index contributed by atoms with van der Waals surface area (Å²) in [7, 11) is 0. The molecule has 2 aromatic rings. The minimum atomic E-state index is 0.334. The van der Waals surface area contributed by atoms with Crippen molar-refractivity contribution >= 4 is 5.69 Å². The van der Waals surface area contributed by atoms with E-state index in [1.807, 2.05) is 24.3 Å². The van der Waals surface area contributed by atoms with Crippen LogP contribution in [0.2, 0.25) is 0 Å². The van der Waals surface area contributed by atoms with Crippen molar-refractivity contribution in [2.24, 2.45) is 5.73 Å². The summed E-state index contributed by atoms with van der Waals surface area (Å²) in [5.41, 5.74) is 7.76. The molecule has 0 unspecified atom stereocenters. The minimum Gasteiger partial charge on any atom is -0.421 e. The number of anilines is 1. The van der Waals surface area contributed by atoms with Crippen LogP contribution in [0.5, 0.6) is 0 Å². The monoisotopic (exact) mass is 244 g/mol. The summed E-state index contributed by atoms with van der Waals surface area (Å²) in [6, 6.07) is 8.75. The van der Waals surface area contributed by atoms with Gasteiger partial charge in [0.05, 0.1) is 5.56 Å². The molecule has 1 aromatic carbocycles. The standard InChI is InChI=1S/C13H16N4O/c1-8-16-17-13(18-8)11-4-2-3-5-12(11)15-10-6-9(14)7-10/h2-5,9-10,15H,6-7,14H2,1H3. The Hall–Kier alpha value is -1.88. The molecule has 3 rings (SSSR count). The predicted octanol–water partition coefficient (Wildman–Crippen LogP) is 1.95. The second kappa shape index (κ2) is 4.42. The Bertz CT molecular complexity index is 545. The van der Waals surface area contributed by atoms with Crippen molar-refractivity contribution in [1.29, 1.82) is 0 Å². The first-order chi connectivity index (χ1) is 8.72. The van der Waals surface area contributed by atoms with Crippen LogP contribution in [0.3, 0.4) is 0 Å². The summed E-state index contributed by atoms with van der Waals surface area (Å²) < 4.78 is 5.48. The molecule has 1 saturated carbocycles. The first-order valence-corrected chi connectivity index (χ1v) is 6.14. The number of nitrogens with zero attached hydrogens (tertiary/aromatic N) is 2. The Labute approximate surface area is 105 Å². The van der Waals surface area contributed by atoms with Crippen LogP contribution >= 0.6 is 0 Å². The molecule has 0 amide bonds. The molecular formula is C13H16N4O. The molecule has 0 radical (unpaired) electrons. The fraction of sp³-hybridized carbons (Fsp3) is 0.385. The molecule has 3 N–H and O–H groups in total. The van der Waals surface area contributed by atoms with Gasteiger partial charge in [-0.2, -0.15) is 0 Å². The van der Waals surface area contributed by atoms with Crippen LogP contribution in [-0.4, -0.2) is 22.3 Å². The predicted molar refractivity (Wildman–Crippen MR) is 69.1 cm³/mol. The number of rotatable bonds is 3. The van der Waals surface area contributed by atoms with Crippen molar-refractivity contribution in [2.45, 2.75) is 31.8 Å². The molecule has 5 heteroatoms. The molecule has 1 heterocycles. The average Bonchev–Trinajstić information content (AvgIpc) is 2.74. The van der Waals surface area contributed by atoms with E-state index in [2.05, 4.69) is 15.5 Å². The third-order valence-electron chi connectivity index (χ3n) is 3.22. The summed E-state index contributed by atoms with van der Waals surface area (Å²) >= 11 is 0. The van der Waals surface area contributed by atoms with Gasteiger partial charge in [-0.1, -0.05) is 12.1 Å². The van der Waals surface area contributed by atoms with Crippen molar-refractivity contribution in [3.63, 3.8) is 0 Å². The third kappa shape index (κ3) is 2.09. The zero-order chi connectivity index (χ0) is 12.5. The van der Waals surface area contributed by atoms with Crippen molar-refractivity contribution in [3.05, 3.63) is 30.2 Å². The molecule has 1 aliphatic carbocycles. The number of nitrogens with one attached hydrogen (secondary N) is 1. The van der Waals surface area contributed by atoms with Crippen molar-refractivity contribution in [2.75, 3.05) is 5.32 Å². The molecule has 1 aromatic heterocycles. The van der Waals surface area contributed by atoms with Gasteiger partial charge in [0.1, 0.15) is 0 Å². The Morgan fingerprint density at radius 2 is 2.06 bits per heavy atom. The number of benzene rings is 1. The molecule has 18 heavy (non-hydrogen) atoms. The third-order valence-corrected chi connectivity index (χ3v) is 3.22. The van der Waals surface area contributed by atoms with Crippen molar-refractivity contribution in [1.82, 2.24) is 10.2 Å². The van der Waals surface area contributed by atoms with Gasteiger partial charge in [-0.3, -0.25) is 0 Å². The van der Waals surface area contributed by atoms with Crippen LogP contribution in [0.25, 0.3) is 11.5 Å². The second-order valence-corrected chi connectivity index (χ2v) is 4.74. The van der Waals surface area contributed by atoms with Crippen LogP contribution in [0.15, 0.2) is 28.7 Å². The molecule has 0 saturated heterocycles. The first-order valence-electron chi connectivity index (χ1n) is 6.14. The smallest absolute Gasteiger partial charge is 0.249 e. The molecular weight excluding hydrogens is 228 g/mol. The molecule has 1 aliphatic rings. The number of hydrogen-bond donors (Lipinski definition) is 2. The molecule has 0 atom stereocenters. The van der Waals surface area contributed by atoms with Crippen LogP contribution in [-0.2, 0) is 0 Å². The highest BCUT2D eigenvalue weighted by molar-refractivity contribution is 5.72. The Morgan fingerprint density at radius 3 is 2.72 bits per heavy atom. The van der Waals surface area contributed by atoms with Crippen LogP contribution in [0.4, 0.5) is 5.69 Å². The van der Waals surface area contributed by atoms with E-state index in [1.165, 1.54) is 0 Å². The van der Waals surface area contributed by atoms with Crippen molar-refractivity contribution < 1.29 is 4.42 Å². The van der Waals surface area contributed by atoms with Gasteiger partial charge in [0.15, 0.2) is 0 Å². The van der Waals surface area contributed by atoms with Crippen molar-refractivity contribution in [3.8, 4) is 11.5 Å². The number of para-hydroxylation sites is 1. The maximum absolute atomic E-state index is 5.79. The van der Waals surface area contributed by atoms with E-state index in [-0.39, 0.29) is 0 Å². The highest BCUT2D eigenvalue weighted by Crippen LogP contribution is 2.30. The van der Waals surface area contributed by atoms with E-state index in [4.69, 9.17) is 10.2 Å². The molecule has 5 nitrogen and oxygen atoms in total. The molecule has 94 valence electrons. The number of aryl methyl sites for hydroxylation is 1. The Kier molecular flexibility index (Phi) is 2.76.